The Labute approximate surface area is 123 Å². The maximum atomic E-state index is 3.75. The quantitative estimate of drug-likeness (QED) is 0.908. The second-order valence-electron chi connectivity index (χ2n) is 7.25. The van der Waals surface area contributed by atoms with E-state index in [0.29, 0.717) is 11.5 Å². The molecule has 20 heavy (non-hydrogen) atoms. The third-order valence-corrected chi connectivity index (χ3v) is 5.32. The Hall–Kier alpha value is -0.860. The van der Waals surface area contributed by atoms with E-state index in [1.54, 1.807) is 0 Å². The van der Waals surface area contributed by atoms with E-state index < -0.39 is 0 Å². The second kappa shape index (κ2) is 5.87. The Bertz CT molecular complexity index is 426. The van der Waals surface area contributed by atoms with E-state index in [9.17, 15) is 0 Å². The van der Waals surface area contributed by atoms with Crippen LogP contribution < -0.4 is 5.32 Å². The average Bonchev–Trinajstić information content (AvgIpc) is 2.91. The molecule has 2 aliphatic rings. The van der Waals surface area contributed by atoms with Gasteiger partial charge in [0, 0.05) is 19.1 Å². The molecule has 0 aromatic heterocycles. The zero-order valence-corrected chi connectivity index (χ0v) is 12.9. The van der Waals surface area contributed by atoms with Crippen LogP contribution in [0.3, 0.4) is 0 Å². The van der Waals surface area contributed by atoms with Crippen molar-refractivity contribution in [1.82, 2.24) is 10.2 Å². The minimum Gasteiger partial charge on any atom is -0.312 e. The monoisotopic (exact) mass is 272 g/mol. The van der Waals surface area contributed by atoms with Crippen LogP contribution in [0.4, 0.5) is 0 Å². The van der Waals surface area contributed by atoms with E-state index >= 15 is 0 Å². The van der Waals surface area contributed by atoms with Crippen molar-refractivity contribution < 1.29 is 0 Å². The van der Waals surface area contributed by atoms with E-state index in [0.717, 1.165) is 5.92 Å². The largest absolute Gasteiger partial charge is 0.312 e. The highest BCUT2D eigenvalue weighted by atomic mass is 15.2. The van der Waals surface area contributed by atoms with Gasteiger partial charge in [-0.25, -0.2) is 0 Å². The van der Waals surface area contributed by atoms with Gasteiger partial charge < -0.3 is 10.2 Å². The summed E-state index contributed by atoms with van der Waals surface area (Å²) in [6.07, 6.45) is 4.01. The summed E-state index contributed by atoms with van der Waals surface area (Å²) >= 11 is 0. The molecule has 2 atom stereocenters. The predicted octanol–water partition coefficient (Wildman–Crippen LogP) is 3.25. The molecule has 1 aromatic carbocycles. The standard InChI is InChI=1S/C18H28N2/c1-18(2)10-6-11-19-17(18)14-20-12-9-16(13-20)15-7-4-3-5-8-15/h3-5,7-8,16-17,19H,6,9-14H2,1-2H3. The van der Waals surface area contributed by atoms with Gasteiger partial charge in [-0.05, 0) is 49.2 Å². The number of rotatable bonds is 3. The summed E-state index contributed by atoms with van der Waals surface area (Å²) in [4.78, 5) is 2.67. The Morgan fingerprint density at radius 2 is 2.05 bits per heavy atom. The first-order valence-electron chi connectivity index (χ1n) is 8.16. The minimum absolute atomic E-state index is 0.448. The minimum atomic E-state index is 0.448. The fourth-order valence-corrected chi connectivity index (χ4v) is 3.84. The molecule has 2 fully saturated rings. The van der Waals surface area contributed by atoms with Gasteiger partial charge >= 0.3 is 0 Å². The van der Waals surface area contributed by atoms with Crippen LogP contribution in [0.1, 0.15) is 44.6 Å². The van der Waals surface area contributed by atoms with Gasteiger partial charge in [-0.1, -0.05) is 44.2 Å². The van der Waals surface area contributed by atoms with Gasteiger partial charge in [-0.3, -0.25) is 0 Å². The molecule has 2 nitrogen and oxygen atoms in total. The molecule has 1 N–H and O–H groups in total. The molecule has 3 rings (SSSR count). The molecule has 2 heterocycles. The molecular weight excluding hydrogens is 244 g/mol. The molecule has 0 saturated carbocycles. The molecule has 2 aliphatic heterocycles. The number of likely N-dealkylation sites (tertiary alicyclic amines) is 1. The maximum Gasteiger partial charge on any atom is 0.0246 e. The van der Waals surface area contributed by atoms with Crippen molar-refractivity contribution in [2.45, 2.75) is 45.1 Å². The highest BCUT2D eigenvalue weighted by molar-refractivity contribution is 5.21. The van der Waals surface area contributed by atoms with Crippen molar-refractivity contribution >= 4 is 0 Å². The van der Waals surface area contributed by atoms with Crippen molar-refractivity contribution in [3.8, 4) is 0 Å². The number of hydrogen-bond donors (Lipinski definition) is 1. The summed E-state index contributed by atoms with van der Waals surface area (Å²) < 4.78 is 0. The van der Waals surface area contributed by atoms with Crippen molar-refractivity contribution in [1.29, 1.82) is 0 Å². The van der Waals surface area contributed by atoms with Crippen LogP contribution in [0.5, 0.6) is 0 Å². The summed E-state index contributed by atoms with van der Waals surface area (Å²) in [5, 5.41) is 3.75. The maximum absolute atomic E-state index is 3.75. The molecule has 0 radical (unpaired) electrons. The first-order chi connectivity index (χ1) is 9.65. The molecule has 2 unspecified atom stereocenters. The van der Waals surface area contributed by atoms with E-state index in [1.807, 2.05) is 0 Å². The van der Waals surface area contributed by atoms with Gasteiger partial charge in [-0.2, -0.15) is 0 Å². The number of nitrogens with one attached hydrogen (secondary N) is 1. The summed E-state index contributed by atoms with van der Waals surface area (Å²) in [5.74, 6) is 0.739. The Balaban J connectivity index is 1.58. The third kappa shape index (κ3) is 3.07. The molecule has 0 bridgehead atoms. The number of hydrogen-bond acceptors (Lipinski definition) is 2. The van der Waals surface area contributed by atoms with Crippen molar-refractivity contribution in [3.63, 3.8) is 0 Å². The summed E-state index contributed by atoms with van der Waals surface area (Å²) in [6.45, 7) is 9.76. The zero-order valence-electron chi connectivity index (χ0n) is 12.9. The van der Waals surface area contributed by atoms with Crippen LogP contribution in [0.2, 0.25) is 0 Å². The summed E-state index contributed by atoms with van der Waals surface area (Å²) in [5.41, 5.74) is 1.97. The van der Waals surface area contributed by atoms with Crippen LogP contribution >= 0.6 is 0 Å². The number of nitrogens with zero attached hydrogens (tertiary/aromatic N) is 1. The molecule has 1 aromatic rings. The van der Waals surface area contributed by atoms with E-state index in [-0.39, 0.29) is 0 Å². The Morgan fingerprint density at radius 3 is 2.80 bits per heavy atom. The fraction of sp³-hybridized carbons (Fsp3) is 0.667. The molecule has 0 amide bonds. The first-order valence-corrected chi connectivity index (χ1v) is 8.16. The average molecular weight is 272 g/mol. The van der Waals surface area contributed by atoms with Crippen LogP contribution in [-0.2, 0) is 0 Å². The van der Waals surface area contributed by atoms with Gasteiger partial charge in [0.05, 0.1) is 0 Å². The normalized spacial score (nSPS) is 30.5. The summed E-state index contributed by atoms with van der Waals surface area (Å²) in [7, 11) is 0. The molecule has 2 heteroatoms. The molecule has 0 spiro atoms. The first kappa shape index (κ1) is 14.1. The van der Waals surface area contributed by atoms with Crippen molar-refractivity contribution in [2.75, 3.05) is 26.2 Å². The van der Waals surface area contributed by atoms with Gasteiger partial charge in [0.25, 0.3) is 0 Å². The smallest absolute Gasteiger partial charge is 0.0246 e. The molecule has 2 saturated heterocycles. The second-order valence-corrected chi connectivity index (χ2v) is 7.25. The molecular formula is C18H28N2. The number of piperidine rings is 1. The highest BCUT2D eigenvalue weighted by Gasteiger charge is 2.34. The summed E-state index contributed by atoms with van der Waals surface area (Å²) in [6, 6.07) is 11.7. The van der Waals surface area contributed by atoms with Crippen molar-refractivity contribution in [2.24, 2.45) is 5.41 Å². The Morgan fingerprint density at radius 1 is 1.25 bits per heavy atom. The van der Waals surface area contributed by atoms with Crippen LogP contribution in [-0.4, -0.2) is 37.1 Å². The molecule has 0 aliphatic carbocycles. The molecule has 110 valence electrons. The lowest BCUT2D eigenvalue weighted by atomic mass is 9.77. The highest BCUT2D eigenvalue weighted by Crippen LogP contribution is 2.33. The fourth-order valence-electron chi connectivity index (χ4n) is 3.84. The van der Waals surface area contributed by atoms with Crippen molar-refractivity contribution in [3.05, 3.63) is 35.9 Å². The lowest BCUT2D eigenvalue weighted by Crippen LogP contribution is -2.52. The number of benzene rings is 1. The topological polar surface area (TPSA) is 15.3 Å². The van der Waals surface area contributed by atoms with Gasteiger partial charge in [0.2, 0.25) is 0 Å². The van der Waals surface area contributed by atoms with Crippen LogP contribution in [0.15, 0.2) is 30.3 Å². The Kier molecular flexibility index (Phi) is 4.13. The van der Waals surface area contributed by atoms with Crippen LogP contribution in [0, 0.1) is 5.41 Å². The third-order valence-electron chi connectivity index (χ3n) is 5.32. The zero-order chi connectivity index (χ0) is 14.0. The predicted molar refractivity (Wildman–Crippen MR) is 85.0 cm³/mol. The van der Waals surface area contributed by atoms with Gasteiger partial charge in [0.15, 0.2) is 0 Å². The van der Waals surface area contributed by atoms with E-state index in [4.69, 9.17) is 0 Å². The van der Waals surface area contributed by atoms with Gasteiger partial charge in [0.1, 0.15) is 0 Å². The lowest BCUT2D eigenvalue weighted by molar-refractivity contribution is 0.137. The van der Waals surface area contributed by atoms with E-state index in [2.05, 4.69) is 54.4 Å². The van der Waals surface area contributed by atoms with Gasteiger partial charge in [-0.15, -0.1) is 0 Å². The SMILES string of the molecule is CC1(C)CCCNC1CN1CCC(c2ccccc2)C1. The van der Waals surface area contributed by atoms with E-state index in [1.165, 1.54) is 51.0 Å². The lowest BCUT2D eigenvalue weighted by Gasteiger charge is -2.41. The van der Waals surface area contributed by atoms with Crippen LogP contribution in [0.25, 0.3) is 0 Å².